The lowest BCUT2D eigenvalue weighted by molar-refractivity contribution is 0.633. The largest absolute Gasteiger partial charge is 0.356 e. The molecule has 0 unspecified atom stereocenters. The molecule has 0 atom stereocenters. The summed E-state index contributed by atoms with van der Waals surface area (Å²) in [6, 6.07) is 0. The Morgan fingerprint density at radius 2 is 2.06 bits per heavy atom. The van der Waals surface area contributed by atoms with Gasteiger partial charge in [0, 0.05) is 28.1 Å². The molecule has 0 radical (unpaired) electrons. The van der Waals surface area contributed by atoms with E-state index < -0.39 is 0 Å². The van der Waals surface area contributed by atoms with Gasteiger partial charge >= 0.3 is 0 Å². The van der Waals surface area contributed by atoms with Gasteiger partial charge in [-0.1, -0.05) is 0 Å². The van der Waals surface area contributed by atoms with Gasteiger partial charge in [-0.15, -0.1) is 11.3 Å². The molecule has 1 N–H and O–H groups in total. The van der Waals surface area contributed by atoms with Crippen LogP contribution in [-0.2, 0) is 6.42 Å². The highest BCUT2D eigenvalue weighted by Gasteiger charge is 2.13. The first-order chi connectivity index (χ1) is 7.92. The van der Waals surface area contributed by atoms with Crippen molar-refractivity contribution >= 4 is 28.0 Å². The SMILES string of the molecule is Cc1csc(Cc2nsc(NC(C)(C)C)n2)n1. The first-order valence-electron chi connectivity index (χ1n) is 5.44. The highest BCUT2D eigenvalue weighted by atomic mass is 32.1. The lowest BCUT2D eigenvalue weighted by atomic mass is 10.1. The van der Waals surface area contributed by atoms with Crippen LogP contribution in [-0.4, -0.2) is 19.9 Å². The maximum atomic E-state index is 4.46. The molecule has 0 fully saturated rings. The van der Waals surface area contributed by atoms with Gasteiger partial charge in [-0.05, 0) is 27.7 Å². The van der Waals surface area contributed by atoms with Gasteiger partial charge in [0.1, 0.15) is 5.01 Å². The van der Waals surface area contributed by atoms with E-state index in [2.05, 4.69) is 45.8 Å². The van der Waals surface area contributed by atoms with E-state index in [-0.39, 0.29) is 5.54 Å². The summed E-state index contributed by atoms with van der Waals surface area (Å²) < 4.78 is 4.34. The minimum Gasteiger partial charge on any atom is -0.356 e. The standard InChI is InChI=1S/C11H16N4S2/c1-7-6-16-9(12-7)5-8-13-10(17-15-8)14-11(2,3)4/h6H,5H2,1-4H3,(H,13,14,15). The topological polar surface area (TPSA) is 50.7 Å². The van der Waals surface area contributed by atoms with Crippen LogP contribution in [0.2, 0.25) is 0 Å². The number of rotatable bonds is 3. The Labute approximate surface area is 109 Å². The average Bonchev–Trinajstić information content (AvgIpc) is 2.74. The molecule has 2 rings (SSSR count). The normalized spacial score (nSPS) is 11.8. The zero-order valence-electron chi connectivity index (χ0n) is 10.4. The molecular formula is C11H16N4S2. The number of anilines is 1. The van der Waals surface area contributed by atoms with Crippen molar-refractivity contribution in [1.29, 1.82) is 0 Å². The zero-order valence-corrected chi connectivity index (χ0v) is 12.1. The Balaban J connectivity index is 2.03. The summed E-state index contributed by atoms with van der Waals surface area (Å²) in [5.74, 6) is 0.844. The van der Waals surface area contributed by atoms with Crippen LogP contribution in [0.25, 0.3) is 0 Å². The second-order valence-electron chi connectivity index (χ2n) is 4.95. The summed E-state index contributed by atoms with van der Waals surface area (Å²) in [5, 5.41) is 7.32. The first-order valence-corrected chi connectivity index (χ1v) is 7.09. The monoisotopic (exact) mass is 268 g/mol. The molecule has 0 saturated heterocycles. The second kappa shape index (κ2) is 4.70. The Kier molecular flexibility index (Phi) is 3.44. The molecule has 0 bridgehead atoms. The van der Waals surface area contributed by atoms with Crippen molar-refractivity contribution in [2.24, 2.45) is 0 Å². The molecule has 0 spiro atoms. The van der Waals surface area contributed by atoms with Gasteiger partial charge in [0.25, 0.3) is 0 Å². The predicted molar refractivity (Wildman–Crippen MR) is 72.9 cm³/mol. The van der Waals surface area contributed by atoms with Gasteiger partial charge in [0.05, 0.1) is 6.42 Å². The second-order valence-corrected chi connectivity index (χ2v) is 6.64. The third-order valence-corrected chi connectivity index (χ3v) is 3.56. The minimum atomic E-state index is 0.0224. The highest BCUT2D eigenvalue weighted by Crippen LogP contribution is 2.19. The molecule has 92 valence electrons. The van der Waals surface area contributed by atoms with Crippen LogP contribution in [0.4, 0.5) is 5.13 Å². The van der Waals surface area contributed by atoms with Gasteiger partial charge < -0.3 is 5.32 Å². The van der Waals surface area contributed by atoms with E-state index in [4.69, 9.17) is 0 Å². The summed E-state index contributed by atoms with van der Waals surface area (Å²) >= 11 is 3.07. The number of hydrogen-bond acceptors (Lipinski definition) is 6. The molecule has 6 heteroatoms. The van der Waals surface area contributed by atoms with Crippen molar-refractivity contribution in [3.8, 4) is 0 Å². The Morgan fingerprint density at radius 3 is 2.65 bits per heavy atom. The van der Waals surface area contributed by atoms with Crippen LogP contribution in [0.1, 0.15) is 37.3 Å². The summed E-state index contributed by atoms with van der Waals surface area (Å²) in [6.45, 7) is 8.33. The fourth-order valence-corrected chi connectivity index (χ4v) is 2.88. The molecule has 0 saturated carbocycles. The van der Waals surface area contributed by atoms with Gasteiger partial charge in [0.2, 0.25) is 5.13 Å². The Hall–Kier alpha value is -1.01. The third kappa shape index (κ3) is 3.74. The van der Waals surface area contributed by atoms with Crippen molar-refractivity contribution in [1.82, 2.24) is 14.3 Å². The van der Waals surface area contributed by atoms with E-state index in [0.717, 1.165) is 28.1 Å². The average molecular weight is 268 g/mol. The fourth-order valence-electron chi connectivity index (χ4n) is 1.32. The summed E-state index contributed by atoms with van der Waals surface area (Å²) in [5.41, 5.74) is 1.09. The first kappa shape index (κ1) is 12.4. The summed E-state index contributed by atoms with van der Waals surface area (Å²) in [4.78, 5) is 8.88. The number of aryl methyl sites for hydroxylation is 1. The third-order valence-electron chi connectivity index (χ3n) is 1.93. The van der Waals surface area contributed by atoms with E-state index in [1.54, 1.807) is 11.3 Å². The van der Waals surface area contributed by atoms with Crippen LogP contribution < -0.4 is 5.32 Å². The molecule has 4 nitrogen and oxygen atoms in total. The maximum absolute atomic E-state index is 4.46. The zero-order chi connectivity index (χ0) is 12.5. The molecule has 0 amide bonds. The molecule has 2 aromatic heterocycles. The van der Waals surface area contributed by atoms with E-state index in [1.165, 1.54) is 11.5 Å². The van der Waals surface area contributed by atoms with E-state index in [9.17, 15) is 0 Å². The number of hydrogen-bond donors (Lipinski definition) is 1. The van der Waals surface area contributed by atoms with E-state index in [1.807, 2.05) is 6.92 Å². The quantitative estimate of drug-likeness (QED) is 0.929. The smallest absolute Gasteiger partial charge is 0.202 e. The molecule has 0 aliphatic heterocycles. The van der Waals surface area contributed by atoms with Crippen molar-refractivity contribution in [3.05, 3.63) is 21.9 Å². The molecular weight excluding hydrogens is 252 g/mol. The van der Waals surface area contributed by atoms with Crippen LogP contribution in [0.15, 0.2) is 5.38 Å². The molecule has 0 aliphatic carbocycles. The molecule has 2 aromatic rings. The molecule has 2 heterocycles. The van der Waals surface area contributed by atoms with E-state index in [0.29, 0.717) is 0 Å². The van der Waals surface area contributed by atoms with Gasteiger partial charge in [0.15, 0.2) is 5.82 Å². The van der Waals surface area contributed by atoms with Crippen LogP contribution in [0.5, 0.6) is 0 Å². The number of thiazole rings is 1. The Bertz CT molecular complexity index is 496. The molecule has 0 aliphatic rings. The van der Waals surface area contributed by atoms with Gasteiger partial charge in [-0.2, -0.15) is 4.37 Å². The molecule has 17 heavy (non-hydrogen) atoms. The van der Waals surface area contributed by atoms with Gasteiger partial charge in [-0.3, -0.25) is 0 Å². The highest BCUT2D eigenvalue weighted by molar-refractivity contribution is 7.10. The van der Waals surface area contributed by atoms with Crippen LogP contribution in [0, 0.1) is 6.92 Å². The Morgan fingerprint density at radius 1 is 1.29 bits per heavy atom. The lowest BCUT2D eigenvalue weighted by Gasteiger charge is -2.18. The van der Waals surface area contributed by atoms with Crippen molar-refractivity contribution in [2.45, 2.75) is 39.7 Å². The predicted octanol–water partition coefficient (Wildman–Crippen LogP) is 3.10. The summed E-state index contributed by atoms with van der Waals surface area (Å²) in [7, 11) is 0. The lowest BCUT2D eigenvalue weighted by Crippen LogP contribution is -2.25. The van der Waals surface area contributed by atoms with E-state index >= 15 is 0 Å². The van der Waals surface area contributed by atoms with Crippen molar-refractivity contribution in [3.63, 3.8) is 0 Å². The van der Waals surface area contributed by atoms with Crippen molar-refractivity contribution in [2.75, 3.05) is 5.32 Å². The maximum Gasteiger partial charge on any atom is 0.202 e. The number of aromatic nitrogens is 3. The number of nitrogens with zero attached hydrogens (tertiary/aromatic N) is 3. The number of nitrogens with one attached hydrogen (secondary N) is 1. The van der Waals surface area contributed by atoms with Crippen molar-refractivity contribution < 1.29 is 0 Å². The van der Waals surface area contributed by atoms with Crippen LogP contribution in [0.3, 0.4) is 0 Å². The van der Waals surface area contributed by atoms with Crippen LogP contribution >= 0.6 is 22.9 Å². The minimum absolute atomic E-state index is 0.0224. The summed E-state index contributed by atoms with van der Waals surface area (Å²) in [6.07, 6.45) is 0.723. The molecule has 0 aromatic carbocycles. The fraction of sp³-hybridized carbons (Fsp3) is 0.545. The van der Waals surface area contributed by atoms with Gasteiger partial charge in [-0.25, -0.2) is 9.97 Å².